The van der Waals surface area contributed by atoms with Crippen LogP contribution in [0, 0.1) is 0 Å². The molecule has 0 aliphatic heterocycles. The van der Waals surface area contributed by atoms with E-state index in [1.807, 2.05) is 29.1 Å². The summed E-state index contributed by atoms with van der Waals surface area (Å²) < 4.78 is 1.92. The van der Waals surface area contributed by atoms with Crippen LogP contribution in [-0.2, 0) is 12.8 Å². The molecule has 1 N–H and O–H groups in total. The van der Waals surface area contributed by atoms with Crippen LogP contribution in [0.2, 0.25) is 0 Å². The maximum absolute atomic E-state index is 12.6. The van der Waals surface area contributed by atoms with Crippen molar-refractivity contribution in [1.29, 1.82) is 0 Å². The van der Waals surface area contributed by atoms with Gasteiger partial charge >= 0.3 is 0 Å². The van der Waals surface area contributed by atoms with E-state index in [2.05, 4.69) is 34.3 Å². The molecular formula is C16H19N5OS2. The first-order valence-corrected chi connectivity index (χ1v) is 9.61. The van der Waals surface area contributed by atoms with E-state index in [-0.39, 0.29) is 5.91 Å². The van der Waals surface area contributed by atoms with Crippen LogP contribution in [0.4, 0.5) is 5.13 Å². The van der Waals surface area contributed by atoms with Crippen LogP contribution in [0.25, 0.3) is 5.13 Å². The summed E-state index contributed by atoms with van der Waals surface area (Å²) in [5, 5.41) is 13.3. The number of hydrogen-bond donors (Lipinski definition) is 1. The molecule has 6 nitrogen and oxygen atoms in total. The summed E-state index contributed by atoms with van der Waals surface area (Å²) in [5.74, 6) is -0.159. The van der Waals surface area contributed by atoms with E-state index in [0.717, 1.165) is 41.5 Å². The van der Waals surface area contributed by atoms with Crippen molar-refractivity contribution < 1.29 is 4.79 Å². The lowest BCUT2D eigenvalue weighted by Gasteiger charge is -2.00. The van der Waals surface area contributed by atoms with Crippen LogP contribution in [0.1, 0.15) is 47.1 Å². The molecule has 0 aliphatic rings. The first-order chi connectivity index (χ1) is 11.7. The minimum absolute atomic E-state index is 0.159. The summed E-state index contributed by atoms with van der Waals surface area (Å²) in [5.41, 5.74) is 0.835. The van der Waals surface area contributed by atoms with Crippen LogP contribution >= 0.6 is 22.7 Å². The molecule has 0 aliphatic carbocycles. The van der Waals surface area contributed by atoms with Gasteiger partial charge in [0, 0.05) is 18.8 Å². The largest absolute Gasteiger partial charge is 0.300 e. The molecule has 8 heteroatoms. The molecule has 1 amide bonds. The van der Waals surface area contributed by atoms with E-state index in [1.54, 1.807) is 0 Å². The molecular weight excluding hydrogens is 342 g/mol. The van der Waals surface area contributed by atoms with Crippen molar-refractivity contribution in [3.63, 3.8) is 0 Å². The van der Waals surface area contributed by atoms with Crippen LogP contribution < -0.4 is 5.32 Å². The predicted octanol–water partition coefficient (Wildman–Crippen LogP) is 3.94. The Balaban J connectivity index is 1.82. The highest BCUT2D eigenvalue weighted by Gasteiger charge is 2.19. The highest BCUT2D eigenvalue weighted by molar-refractivity contribution is 7.17. The number of hydrogen-bond acceptors (Lipinski definition) is 6. The minimum atomic E-state index is -0.159. The van der Waals surface area contributed by atoms with Gasteiger partial charge in [0.1, 0.15) is 9.88 Å². The third-order valence-corrected chi connectivity index (χ3v) is 5.36. The second-order valence-corrected chi connectivity index (χ2v) is 7.36. The summed E-state index contributed by atoms with van der Waals surface area (Å²) in [6, 6.07) is 3.88. The monoisotopic (exact) mass is 361 g/mol. The van der Waals surface area contributed by atoms with Gasteiger partial charge in [0.2, 0.25) is 5.13 Å². The lowest BCUT2D eigenvalue weighted by Crippen LogP contribution is -2.12. The second-order valence-electron chi connectivity index (χ2n) is 5.32. The van der Waals surface area contributed by atoms with E-state index in [1.165, 1.54) is 22.7 Å². The zero-order chi connectivity index (χ0) is 16.9. The average molecular weight is 361 g/mol. The molecule has 0 unspecified atom stereocenters. The molecule has 0 saturated carbocycles. The number of carbonyl (C=O) groups excluding carboxylic acids is 1. The van der Waals surface area contributed by atoms with E-state index in [9.17, 15) is 4.79 Å². The molecule has 0 aromatic carbocycles. The first kappa shape index (κ1) is 16.8. The molecule has 126 valence electrons. The van der Waals surface area contributed by atoms with E-state index in [0.29, 0.717) is 10.0 Å². The quantitative estimate of drug-likeness (QED) is 0.692. The van der Waals surface area contributed by atoms with Crippen LogP contribution in [0.5, 0.6) is 0 Å². The summed E-state index contributed by atoms with van der Waals surface area (Å²) in [6.45, 7) is 4.18. The highest BCUT2D eigenvalue weighted by Crippen LogP contribution is 2.25. The standard InChI is InChI=1S/C16H19N5OS2/c1-3-7-11-13(24-16(17-11)21-9-5-6-10-21)14(22)18-15-20-19-12(23-15)8-4-2/h5-6,9-10H,3-4,7-8H2,1-2H3,(H,18,20,22). The molecule has 3 rings (SSSR count). The van der Waals surface area contributed by atoms with Gasteiger partial charge < -0.3 is 4.57 Å². The fraction of sp³-hybridized carbons (Fsp3) is 0.375. The van der Waals surface area contributed by atoms with Crippen LogP contribution in [-0.4, -0.2) is 25.7 Å². The number of nitrogens with one attached hydrogen (secondary N) is 1. The molecule has 0 bridgehead atoms. The zero-order valence-corrected chi connectivity index (χ0v) is 15.3. The Bertz CT molecular complexity index is 806. The van der Waals surface area contributed by atoms with Crippen molar-refractivity contribution in [3.05, 3.63) is 40.1 Å². The number of carbonyl (C=O) groups is 1. The summed E-state index contributed by atoms with van der Waals surface area (Å²) in [7, 11) is 0. The fourth-order valence-electron chi connectivity index (χ4n) is 2.27. The van der Waals surface area contributed by atoms with Crippen molar-refractivity contribution in [3.8, 4) is 5.13 Å². The molecule has 3 aromatic rings. The van der Waals surface area contributed by atoms with Crippen LogP contribution in [0.15, 0.2) is 24.5 Å². The fourth-order valence-corrected chi connectivity index (χ4v) is 4.08. The van der Waals surface area contributed by atoms with Gasteiger partial charge in [0.15, 0.2) is 5.13 Å². The number of amides is 1. The topological polar surface area (TPSA) is 72.7 Å². The maximum Gasteiger partial charge on any atom is 0.269 e. The first-order valence-electron chi connectivity index (χ1n) is 7.98. The van der Waals surface area contributed by atoms with Gasteiger partial charge in [-0.05, 0) is 25.0 Å². The Morgan fingerprint density at radius 1 is 1.12 bits per heavy atom. The lowest BCUT2D eigenvalue weighted by atomic mass is 10.2. The third kappa shape index (κ3) is 3.70. The average Bonchev–Trinajstić information content (AvgIpc) is 3.28. The van der Waals surface area contributed by atoms with Gasteiger partial charge in [0.05, 0.1) is 5.69 Å². The summed E-state index contributed by atoms with van der Waals surface area (Å²) >= 11 is 2.83. The molecule has 0 spiro atoms. The SMILES string of the molecule is CCCc1nnc(NC(=O)c2sc(-n3cccc3)nc2CCC)s1. The molecule has 0 radical (unpaired) electrons. The van der Waals surface area contributed by atoms with Crippen molar-refractivity contribution in [2.24, 2.45) is 0 Å². The normalized spacial score (nSPS) is 10.9. The van der Waals surface area contributed by atoms with Gasteiger partial charge in [-0.2, -0.15) is 0 Å². The van der Waals surface area contributed by atoms with Gasteiger partial charge in [-0.15, -0.1) is 10.2 Å². The minimum Gasteiger partial charge on any atom is -0.300 e. The molecule has 3 heterocycles. The number of nitrogens with zero attached hydrogens (tertiary/aromatic N) is 4. The molecule has 24 heavy (non-hydrogen) atoms. The van der Waals surface area contributed by atoms with Crippen molar-refractivity contribution >= 4 is 33.7 Å². The van der Waals surface area contributed by atoms with E-state index in [4.69, 9.17) is 0 Å². The Kier molecular flexibility index (Phi) is 5.37. The molecule has 0 saturated heterocycles. The summed E-state index contributed by atoms with van der Waals surface area (Å²) in [6.07, 6.45) is 7.47. The molecule has 0 fully saturated rings. The number of aryl methyl sites for hydroxylation is 2. The summed E-state index contributed by atoms with van der Waals surface area (Å²) in [4.78, 5) is 17.9. The number of aromatic nitrogens is 4. The van der Waals surface area contributed by atoms with Gasteiger partial charge in [0.25, 0.3) is 5.91 Å². The Morgan fingerprint density at radius 2 is 1.88 bits per heavy atom. The number of anilines is 1. The Labute approximate surface area is 148 Å². The Hall–Kier alpha value is -2.06. The number of rotatable bonds is 7. The van der Waals surface area contributed by atoms with Crippen molar-refractivity contribution in [2.45, 2.75) is 39.5 Å². The molecule has 0 atom stereocenters. The molecule has 3 aromatic heterocycles. The van der Waals surface area contributed by atoms with E-state index >= 15 is 0 Å². The smallest absolute Gasteiger partial charge is 0.269 e. The third-order valence-electron chi connectivity index (χ3n) is 3.36. The predicted molar refractivity (Wildman–Crippen MR) is 97.3 cm³/mol. The zero-order valence-electron chi connectivity index (χ0n) is 13.7. The van der Waals surface area contributed by atoms with Crippen molar-refractivity contribution in [1.82, 2.24) is 19.7 Å². The lowest BCUT2D eigenvalue weighted by molar-refractivity contribution is 0.102. The van der Waals surface area contributed by atoms with Gasteiger partial charge in [-0.1, -0.05) is 42.9 Å². The van der Waals surface area contributed by atoms with Crippen LogP contribution in [0.3, 0.4) is 0 Å². The van der Waals surface area contributed by atoms with E-state index < -0.39 is 0 Å². The van der Waals surface area contributed by atoms with Gasteiger partial charge in [-0.3, -0.25) is 10.1 Å². The highest BCUT2D eigenvalue weighted by atomic mass is 32.1. The van der Waals surface area contributed by atoms with Crippen molar-refractivity contribution in [2.75, 3.05) is 5.32 Å². The number of thiazole rings is 1. The second kappa shape index (κ2) is 7.67. The maximum atomic E-state index is 12.6. The Morgan fingerprint density at radius 3 is 2.58 bits per heavy atom. The van der Waals surface area contributed by atoms with Gasteiger partial charge in [-0.25, -0.2) is 4.98 Å².